The molecule has 0 saturated carbocycles. The number of hydrogen-bond donors (Lipinski definition) is 1. The van der Waals surface area contributed by atoms with E-state index in [-0.39, 0.29) is 5.91 Å². The Labute approximate surface area is 137 Å². The number of rotatable bonds is 6. The highest BCUT2D eigenvalue weighted by molar-refractivity contribution is 5.77. The molecular formula is C17H25N3O3. The van der Waals surface area contributed by atoms with Crippen LogP contribution in [0.2, 0.25) is 0 Å². The maximum Gasteiger partial charge on any atom is 0.407 e. The lowest BCUT2D eigenvalue weighted by Crippen LogP contribution is -2.48. The summed E-state index contributed by atoms with van der Waals surface area (Å²) in [5, 5.41) is 2.58. The van der Waals surface area contributed by atoms with E-state index in [2.05, 4.69) is 22.3 Å². The first-order valence-electron chi connectivity index (χ1n) is 8.13. The van der Waals surface area contributed by atoms with Crippen LogP contribution in [-0.2, 0) is 16.1 Å². The lowest BCUT2D eigenvalue weighted by atomic mass is 10.2. The summed E-state index contributed by atoms with van der Waals surface area (Å²) in [4.78, 5) is 27.5. The maximum absolute atomic E-state index is 12.1. The number of nitrogens with zero attached hydrogens (tertiary/aromatic N) is 2. The second-order valence-electron chi connectivity index (χ2n) is 5.54. The average molecular weight is 319 g/mol. The van der Waals surface area contributed by atoms with Crippen LogP contribution in [0.15, 0.2) is 30.3 Å². The predicted octanol–water partition coefficient (Wildman–Crippen LogP) is 1.47. The molecule has 1 heterocycles. The molecule has 1 aromatic rings. The summed E-state index contributed by atoms with van der Waals surface area (Å²) in [6.07, 6.45) is -0.148. The molecule has 23 heavy (non-hydrogen) atoms. The van der Waals surface area contributed by atoms with Gasteiger partial charge in [-0.15, -0.1) is 0 Å². The van der Waals surface area contributed by atoms with E-state index in [1.54, 1.807) is 6.92 Å². The SMILES string of the molecule is CCOC(=O)NCCC(=O)N1CCN(Cc2ccccc2)CC1. The fourth-order valence-electron chi connectivity index (χ4n) is 2.61. The topological polar surface area (TPSA) is 61.9 Å². The largest absolute Gasteiger partial charge is 0.450 e. The average Bonchev–Trinajstić information content (AvgIpc) is 2.56. The number of hydrogen-bond acceptors (Lipinski definition) is 4. The molecule has 6 heteroatoms. The molecule has 1 fully saturated rings. The van der Waals surface area contributed by atoms with E-state index >= 15 is 0 Å². The van der Waals surface area contributed by atoms with Gasteiger partial charge in [-0.1, -0.05) is 30.3 Å². The molecule has 1 N–H and O–H groups in total. The van der Waals surface area contributed by atoms with Crippen molar-refractivity contribution < 1.29 is 14.3 Å². The second-order valence-corrected chi connectivity index (χ2v) is 5.54. The molecule has 0 bridgehead atoms. The van der Waals surface area contributed by atoms with Gasteiger partial charge in [0.25, 0.3) is 0 Å². The van der Waals surface area contributed by atoms with Gasteiger partial charge in [-0.25, -0.2) is 4.79 Å². The van der Waals surface area contributed by atoms with Gasteiger partial charge in [0.1, 0.15) is 0 Å². The van der Waals surface area contributed by atoms with Crippen molar-refractivity contribution >= 4 is 12.0 Å². The van der Waals surface area contributed by atoms with E-state index in [1.807, 2.05) is 23.1 Å². The van der Waals surface area contributed by atoms with E-state index in [9.17, 15) is 9.59 Å². The summed E-state index contributed by atoms with van der Waals surface area (Å²) in [6.45, 7) is 6.58. The molecule has 0 unspecified atom stereocenters. The summed E-state index contributed by atoms with van der Waals surface area (Å²) in [7, 11) is 0. The van der Waals surface area contributed by atoms with Crippen LogP contribution in [-0.4, -0.2) is 61.1 Å². The van der Waals surface area contributed by atoms with E-state index in [0.717, 1.165) is 32.7 Å². The van der Waals surface area contributed by atoms with Crippen LogP contribution in [0.1, 0.15) is 18.9 Å². The number of carbonyl (C=O) groups is 2. The normalized spacial score (nSPS) is 15.3. The number of ether oxygens (including phenoxy) is 1. The Kier molecular flexibility index (Phi) is 6.87. The molecule has 0 radical (unpaired) electrons. The third-order valence-electron chi connectivity index (χ3n) is 3.86. The molecule has 6 nitrogen and oxygen atoms in total. The molecule has 126 valence electrons. The van der Waals surface area contributed by atoms with Crippen LogP contribution in [0.3, 0.4) is 0 Å². The molecule has 2 rings (SSSR count). The summed E-state index contributed by atoms with van der Waals surface area (Å²) >= 11 is 0. The van der Waals surface area contributed by atoms with Crippen molar-refractivity contribution in [1.82, 2.24) is 15.1 Å². The van der Waals surface area contributed by atoms with Gasteiger partial charge in [0.05, 0.1) is 6.61 Å². The number of piperazine rings is 1. The van der Waals surface area contributed by atoms with E-state index in [0.29, 0.717) is 19.6 Å². The molecule has 0 atom stereocenters. The summed E-state index contributed by atoms with van der Waals surface area (Å²) in [5.41, 5.74) is 1.30. The number of alkyl carbamates (subject to hydrolysis) is 1. The molecule has 0 aliphatic carbocycles. The monoisotopic (exact) mass is 319 g/mol. The zero-order valence-corrected chi connectivity index (χ0v) is 13.7. The van der Waals surface area contributed by atoms with Gasteiger partial charge in [-0.05, 0) is 12.5 Å². The van der Waals surface area contributed by atoms with E-state index < -0.39 is 6.09 Å². The van der Waals surface area contributed by atoms with Gasteiger partial charge in [0, 0.05) is 45.7 Å². The number of amides is 2. The Hall–Kier alpha value is -2.08. The van der Waals surface area contributed by atoms with Crippen molar-refractivity contribution in [2.45, 2.75) is 19.9 Å². The Morgan fingerprint density at radius 3 is 2.48 bits per heavy atom. The van der Waals surface area contributed by atoms with Crippen LogP contribution in [0, 0.1) is 0 Å². The molecule has 0 aromatic heterocycles. The molecule has 1 aromatic carbocycles. The van der Waals surface area contributed by atoms with Gasteiger partial charge in [-0.2, -0.15) is 0 Å². The van der Waals surface area contributed by atoms with Crippen molar-refractivity contribution in [3.8, 4) is 0 Å². The van der Waals surface area contributed by atoms with Crippen LogP contribution >= 0.6 is 0 Å². The Morgan fingerprint density at radius 1 is 1.13 bits per heavy atom. The van der Waals surface area contributed by atoms with E-state index in [4.69, 9.17) is 4.74 Å². The minimum atomic E-state index is -0.465. The highest BCUT2D eigenvalue weighted by Gasteiger charge is 2.20. The fraction of sp³-hybridized carbons (Fsp3) is 0.529. The number of nitrogens with one attached hydrogen (secondary N) is 1. The van der Waals surface area contributed by atoms with Gasteiger partial charge < -0.3 is 15.0 Å². The van der Waals surface area contributed by atoms with Crippen LogP contribution < -0.4 is 5.32 Å². The lowest BCUT2D eigenvalue weighted by Gasteiger charge is -2.34. The third kappa shape index (κ3) is 5.90. The maximum atomic E-state index is 12.1. The first-order chi connectivity index (χ1) is 11.2. The van der Waals surface area contributed by atoms with Crippen molar-refractivity contribution in [2.75, 3.05) is 39.3 Å². The van der Waals surface area contributed by atoms with Crippen molar-refractivity contribution in [3.05, 3.63) is 35.9 Å². The minimum absolute atomic E-state index is 0.0844. The predicted molar refractivity (Wildman–Crippen MR) is 87.9 cm³/mol. The number of carbonyl (C=O) groups excluding carboxylic acids is 2. The molecule has 1 saturated heterocycles. The Balaban J connectivity index is 1.65. The summed E-state index contributed by atoms with van der Waals surface area (Å²) in [5.74, 6) is 0.0844. The van der Waals surface area contributed by atoms with Gasteiger partial charge in [0.15, 0.2) is 0 Å². The summed E-state index contributed by atoms with van der Waals surface area (Å²) in [6, 6.07) is 10.4. The third-order valence-corrected chi connectivity index (χ3v) is 3.86. The molecule has 1 aliphatic heterocycles. The molecular weight excluding hydrogens is 294 g/mol. The zero-order valence-electron chi connectivity index (χ0n) is 13.7. The summed E-state index contributed by atoms with van der Waals surface area (Å²) < 4.78 is 4.76. The van der Waals surface area contributed by atoms with Crippen LogP contribution in [0.25, 0.3) is 0 Å². The Morgan fingerprint density at radius 2 is 1.83 bits per heavy atom. The van der Waals surface area contributed by atoms with Crippen LogP contribution in [0.5, 0.6) is 0 Å². The highest BCUT2D eigenvalue weighted by Crippen LogP contribution is 2.09. The first kappa shape index (κ1) is 17.3. The smallest absolute Gasteiger partial charge is 0.407 e. The fourth-order valence-corrected chi connectivity index (χ4v) is 2.61. The highest BCUT2D eigenvalue weighted by atomic mass is 16.5. The zero-order chi connectivity index (χ0) is 16.5. The number of benzene rings is 1. The molecule has 1 aliphatic rings. The Bertz CT molecular complexity index is 499. The molecule has 0 spiro atoms. The van der Waals surface area contributed by atoms with Crippen LogP contribution in [0.4, 0.5) is 4.79 Å². The van der Waals surface area contributed by atoms with Crippen molar-refractivity contribution in [1.29, 1.82) is 0 Å². The lowest BCUT2D eigenvalue weighted by molar-refractivity contribution is -0.132. The second kappa shape index (κ2) is 9.15. The van der Waals surface area contributed by atoms with Crippen molar-refractivity contribution in [3.63, 3.8) is 0 Å². The van der Waals surface area contributed by atoms with Gasteiger partial charge >= 0.3 is 6.09 Å². The first-order valence-corrected chi connectivity index (χ1v) is 8.13. The van der Waals surface area contributed by atoms with E-state index in [1.165, 1.54) is 5.56 Å². The minimum Gasteiger partial charge on any atom is -0.450 e. The molecule has 2 amide bonds. The van der Waals surface area contributed by atoms with Gasteiger partial charge in [-0.3, -0.25) is 9.69 Å². The quantitative estimate of drug-likeness (QED) is 0.862. The van der Waals surface area contributed by atoms with Crippen molar-refractivity contribution in [2.24, 2.45) is 0 Å². The standard InChI is InChI=1S/C17H25N3O3/c1-2-23-17(22)18-9-8-16(21)20-12-10-19(11-13-20)14-15-6-4-3-5-7-15/h3-7H,2,8-14H2,1H3,(H,18,22). The van der Waals surface area contributed by atoms with Gasteiger partial charge in [0.2, 0.25) is 5.91 Å².